The van der Waals surface area contributed by atoms with Crippen molar-refractivity contribution in [1.82, 2.24) is 19.9 Å². The number of hydrogen-bond donors (Lipinski definition) is 1. The van der Waals surface area contributed by atoms with E-state index in [9.17, 15) is 0 Å². The highest BCUT2D eigenvalue weighted by atomic mass is 32.1. The van der Waals surface area contributed by atoms with Crippen LogP contribution in [0, 0.1) is 0 Å². The summed E-state index contributed by atoms with van der Waals surface area (Å²) in [4.78, 5) is 17.5. The monoisotopic (exact) mass is 397 g/mol. The van der Waals surface area contributed by atoms with E-state index in [0.717, 1.165) is 26.6 Å². The van der Waals surface area contributed by atoms with Crippen LogP contribution >= 0.6 is 11.3 Å². The Morgan fingerprint density at radius 1 is 0.828 bits per heavy atom. The normalized spacial score (nSPS) is 10.8. The standard InChI is InChI=1S/C22H15N5OS/c1-2-6-19-18(5-1)27-22(29-19)26-16-7-9-17(10-8-16)28-21-20(24-12-13-25-21)15-4-3-11-23-14-15/h1-14H,(H,26,27). The molecule has 0 bridgehead atoms. The molecule has 3 aromatic heterocycles. The maximum atomic E-state index is 5.97. The highest BCUT2D eigenvalue weighted by Crippen LogP contribution is 2.31. The molecule has 0 saturated heterocycles. The highest BCUT2D eigenvalue weighted by Gasteiger charge is 2.10. The number of nitrogens with zero attached hydrogens (tertiary/aromatic N) is 4. The number of pyridine rings is 1. The van der Waals surface area contributed by atoms with E-state index in [0.29, 0.717) is 17.3 Å². The van der Waals surface area contributed by atoms with Crippen LogP contribution in [0.5, 0.6) is 11.6 Å². The van der Waals surface area contributed by atoms with E-state index in [4.69, 9.17) is 4.74 Å². The zero-order valence-electron chi connectivity index (χ0n) is 15.2. The quantitative estimate of drug-likeness (QED) is 0.411. The first-order valence-electron chi connectivity index (χ1n) is 8.97. The number of thiazole rings is 1. The van der Waals surface area contributed by atoms with E-state index < -0.39 is 0 Å². The number of fused-ring (bicyclic) bond motifs is 1. The third kappa shape index (κ3) is 3.76. The van der Waals surface area contributed by atoms with Gasteiger partial charge in [-0.25, -0.2) is 15.0 Å². The van der Waals surface area contributed by atoms with Crippen molar-refractivity contribution in [2.75, 3.05) is 5.32 Å². The van der Waals surface area contributed by atoms with Crippen LogP contribution in [0.4, 0.5) is 10.8 Å². The second kappa shape index (κ2) is 7.65. The minimum absolute atomic E-state index is 0.437. The molecule has 5 rings (SSSR count). The lowest BCUT2D eigenvalue weighted by atomic mass is 10.2. The molecule has 0 atom stereocenters. The van der Waals surface area contributed by atoms with Crippen molar-refractivity contribution in [3.05, 3.63) is 85.5 Å². The molecule has 2 aromatic carbocycles. The number of anilines is 2. The molecule has 0 aliphatic rings. The maximum Gasteiger partial charge on any atom is 0.246 e. The Kier molecular flexibility index (Phi) is 4.56. The summed E-state index contributed by atoms with van der Waals surface area (Å²) in [7, 11) is 0. The summed E-state index contributed by atoms with van der Waals surface area (Å²) >= 11 is 1.62. The second-order valence-electron chi connectivity index (χ2n) is 6.19. The molecular formula is C22H15N5OS. The summed E-state index contributed by atoms with van der Waals surface area (Å²) in [5, 5.41) is 4.19. The van der Waals surface area contributed by atoms with Crippen molar-refractivity contribution in [3.8, 4) is 22.9 Å². The van der Waals surface area contributed by atoms with Gasteiger partial charge in [-0.05, 0) is 48.5 Å². The summed E-state index contributed by atoms with van der Waals surface area (Å²) in [5.74, 6) is 1.11. The zero-order valence-corrected chi connectivity index (χ0v) is 16.0. The topological polar surface area (TPSA) is 72.8 Å². The number of aromatic nitrogens is 4. The summed E-state index contributed by atoms with van der Waals surface area (Å²) in [6.45, 7) is 0. The minimum atomic E-state index is 0.437. The Morgan fingerprint density at radius 3 is 2.52 bits per heavy atom. The van der Waals surface area contributed by atoms with Crippen molar-refractivity contribution >= 4 is 32.4 Å². The van der Waals surface area contributed by atoms with Gasteiger partial charge in [0.25, 0.3) is 0 Å². The van der Waals surface area contributed by atoms with Gasteiger partial charge < -0.3 is 10.1 Å². The zero-order chi connectivity index (χ0) is 19.5. The predicted octanol–water partition coefficient (Wildman–Crippen LogP) is 5.68. The number of ether oxygens (including phenoxy) is 1. The van der Waals surface area contributed by atoms with Gasteiger partial charge in [-0.15, -0.1) is 0 Å². The first kappa shape index (κ1) is 17.3. The fraction of sp³-hybridized carbons (Fsp3) is 0. The molecule has 0 radical (unpaired) electrons. The van der Waals surface area contributed by atoms with E-state index in [1.165, 1.54) is 0 Å². The molecule has 140 valence electrons. The molecule has 29 heavy (non-hydrogen) atoms. The summed E-state index contributed by atoms with van der Waals surface area (Å²) in [5.41, 5.74) is 3.43. The van der Waals surface area contributed by atoms with Crippen LogP contribution in [0.25, 0.3) is 21.5 Å². The smallest absolute Gasteiger partial charge is 0.246 e. The Morgan fingerprint density at radius 2 is 1.69 bits per heavy atom. The Labute approximate surface area is 170 Å². The van der Waals surface area contributed by atoms with Crippen LogP contribution in [0.15, 0.2) is 85.5 Å². The van der Waals surface area contributed by atoms with Gasteiger partial charge in [0.05, 0.1) is 10.2 Å². The molecule has 7 heteroatoms. The largest absolute Gasteiger partial charge is 0.437 e. The third-order valence-electron chi connectivity index (χ3n) is 4.21. The van der Waals surface area contributed by atoms with Crippen LogP contribution in [-0.4, -0.2) is 19.9 Å². The van der Waals surface area contributed by atoms with Crippen molar-refractivity contribution < 1.29 is 4.74 Å². The number of hydrogen-bond acceptors (Lipinski definition) is 7. The molecule has 0 saturated carbocycles. The number of benzene rings is 2. The molecule has 1 N–H and O–H groups in total. The van der Waals surface area contributed by atoms with E-state index in [1.807, 2.05) is 54.6 Å². The van der Waals surface area contributed by atoms with Crippen molar-refractivity contribution in [1.29, 1.82) is 0 Å². The van der Waals surface area contributed by atoms with Gasteiger partial charge in [-0.3, -0.25) is 4.98 Å². The summed E-state index contributed by atoms with van der Waals surface area (Å²) in [6, 6.07) is 19.5. The van der Waals surface area contributed by atoms with E-state index in [1.54, 1.807) is 36.1 Å². The first-order chi connectivity index (χ1) is 14.3. The van der Waals surface area contributed by atoms with E-state index >= 15 is 0 Å². The van der Waals surface area contributed by atoms with Crippen molar-refractivity contribution in [2.45, 2.75) is 0 Å². The van der Waals surface area contributed by atoms with Gasteiger partial charge in [0.15, 0.2) is 5.13 Å². The maximum absolute atomic E-state index is 5.97. The van der Waals surface area contributed by atoms with Gasteiger partial charge in [0.2, 0.25) is 5.88 Å². The Bertz CT molecular complexity index is 1220. The first-order valence-corrected chi connectivity index (χ1v) is 9.79. The fourth-order valence-corrected chi connectivity index (χ4v) is 3.75. The van der Waals surface area contributed by atoms with Crippen LogP contribution in [0.2, 0.25) is 0 Å². The molecule has 0 unspecified atom stereocenters. The number of para-hydroxylation sites is 1. The lowest BCUT2D eigenvalue weighted by molar-refractivity contribution is 0.462. The number of rotatable bonds is 5. The minimum Gasteiger partial charge on any atom is -0.437 e. The summed E-state index contributed by atoms with van der Waals surface area (Å²) in [6.07, 6.45) is 6.71. The van der Waals surface area contributed by atoms with Crippen LogP contribution in [-0.2, 0) is 0 Å². The highest BCUT2D eigenvalue weighted by molar-refractivity contribution is 7.22. The van der Waals surface area contributed by atoms with Gasteiger partial charge in [-0.1, -0.05) is 23.5 Å². The fourth-order valence-electron chi connectivity index (χ4n) is 2.87. The molecule has 0 amide bonds. The lowest BCUT2D eigenvalue weighted by Crippen LogP contribution is -1.95. The molecule has 0 spiro atoms. The molecule has 0 aliphatic heterocycles. The van der Waals surface area contributed by atoms with E-state index in [-0.39, 0.29) is 0 Å². The molecular weight excluding hydrogens is 382 g/mol. The molecule has 5 aromatic rings. The Hall–Kier alpha value is -3.84. The molecule has 0 fully saturated rings. The average Bonchev–Trinajstić information content (AvgIpc) is 3.18. The predicted molar refractivity (Wildman–Crippen MR) is 115 cm³/mol. The Balaban J connectivity index is 1.35. The summed E-state index contributed by atoms with van der Waals surface area (Å²) < 4.78 is 7.13. The average molecular weight is 397 g/mol. The van der Waals surface area contributed by atoms with Crippen LogP contribution in [0.3, 0.4) is 0 Å². The lowest BCUT2D eigenvalue weighted by Gasteiger charge is -2.09. The van der Waals surface area contributed by atoms with E-state index in [2.05, 4.69) is 31.3 Å². The van der Waals surface area contributed by atoms with Gasteiger partial charge in [-0.2, -0.15) is 0 Å². The van der Waals surface area contributed by atoms with Gasteiger partial charge in [0.1, 0.15) is 11.4 Å². The SMILES string of the molecule is c1cncc(-c2nccnc2Oc2ccc(Nc3nc4ccccc4s3)cc2)c1. The molecule has 3 heterocycles. The number of nitrogens with one attached hydrogen (secondary N) is 1. The second-order valence-corrected chi connectivity index (χ2v) is 7.22. The van der Waals surface area contributed by atoms with Gasteiger partial charge >= 0.3 is 0 Å². The van der Waals surface area contributed by atoms with Crippen LogP contribution in [0.1, 0.15) is 0 Å². The third-order valence-corrected chi connectivity index (χ3v) is 5.17. The van der Waals surface area contributed by atoms with Crippen LogP contribution < -0.4 is 10.1 Å². The van der Waals surface area contributed by atoms with Crippen molar-refractivity contribution in [3.63, 3.8) is 0 Å². The molecule has 0 aliphatic carbocycles. The van der Waals surface area contributed by atoms with Crippen molar-refractivity contribution in [2.24, 2.45) is 0 Å². The molecule has 6 nitrogen and oxygen atoms in total. The van der Waals surface area contributed by atoms with Gasteiger partial charge in [0, 0.05) is 36.0 Å².